The zero-order valence-electron chi connectivity index (χ0n) is 18.7. The van der Waals surface area contributed by atoms with Crippen LogP contribution in [0.3, 0.4) is 0 Å². The van der Waals surface area contributed by atoms with Gasteiger partial charge >= 0.3 is 5.97 Å². The average Bonchev–Trinajstić information content (AvgIpc) is 3.04. The van der Waals surface area contributed by atoms with Crippen LogP contribution in [0.5, 0.6) is 11.5 Å². The fourth-order valence-corrected chi connectivity index (χ4v) is 4.20. The van der Waals surface area contributed by atoms with E-state index in [1.807, 2.05) is 0 Å². The molecule has 0 atom stereocenters. The molecule has 1 saturated heterocycles. The van der Waals surface area contributed by atoms with E-state index in [4.69, 9.17) is 25.8 Å². The summed E-state index contributed by atoms with van der Waals surface area (Å²) in [5.41, 5.74) is 1.68. The van der Waals surface area contributed by atoms with Gasteiger partial charge in [-0.3, -0.25) is 19.3 Å². The molecule has 0 saturated carbocycles. The number of amides is 2. The van der Waals surface area contributed by atoms with E-state index >= 15 is 0 Å². The second kappa shape index (κ2) is 11.1. The first-order chi connectivity index (χ1) is 16.2. The number of ether oxygens (including phenoxy) is 3. The van der Waals surface area contributed by atoms with Crippen molar-refractivity contribution in [1.29, 1.82) is 5.26 Å². The first-order valence-corrected chi connectivity index (χ1v) is 11.4. The van der Waals surface area contributed by atoms with Crippen molar-refractivity contribution in [2.24, 2.45) is 0 Å². The SMILES string of the molecule is COc1cc(/C=C2\SC(=O)N(CC(=O)OC(C)C)C2=O)cc(Cl)c1OCc1ccccc1C#N. The quantitative estimate of drug-likeness (QED) is 0.376. The van der Waals surface area contributed by atoms with Crippen LogP contribution in [0.1, 0.15) is 30.5 Å². The number of carbonyl (C=O) groups excluding carboxylic acids is 3. The first kappa shape index (κ1) is 25.1. The number of imide groups is 1. The Hall–Kier alpha value is -3.48. The molecule has 0 bridgehead atoms. The van der Waals surface area contributed by atoms with Crippen LogP contribution < -0.4 is 9.47 Å². The molecule has 0 spiro atoms. The summed E-state index contributed by atoms with van der Waals surface area (Å²) < 4.78 is 16.2. The van der Waals surface area contributed by atoms with E-state index < -0.39 is 23.7 Å². The lowest BCUT2D eigenvalue weighted by atomic mass is 10.1. The van der Waals surface area contributed by atoms with Gasteiger partial charge in [0.25, 0.3) is 11.1 Å². The summed E-state index contributed by atoms with van der Waals surface area (Å²) in [5.74, 6) is -0.673. The second-order valence-electron chi connectivity index (χ2n) is 7.40. The monoisotopic (exact) mass is 500 g/mol. The number of hydrogen-bond acceptors (Lipinski definition) is 8. The van der Waals surface area contributed by atoms with Gasteiger partial charge in [0.2, 0.25) is 0 Å². The fourth-order valence-electron chi connectivity index (χ4n) is 3.09. The fraction of sp³-hybridized carbons (Fsp3) is 0.250. The van der Waals surface area contributed by atoms with Crippen LogP contribution >= 0.6 is 23.4 Å². The van der Waals surface area contributed by atoms with Crippen LogP contribution in [0.4, 0.5) is 4.79 Å². The minimum atomic E-state index is -0.664. The Morgan fingerprint density at radius 3 is 2.68 bits per heavy atom. The van der Waals surface area contributed by atoms with Gasteiger partial charge in [0, 0.05) is 5.56 Å². The summed E-state index contributed by atoms with van der Waals surface area (Å²) >= 11 is 7.14. The summed E-state index contributed by atoms with van der Waals surface area (Å²) in [7, 11) is 1.44. The molecule has 2 amide bonds. The third-order valence-electron chi connectivity index (χ3n) is 4.59. The summed E-state index contributed by atoms with van der Waals surface area (Å²) in [4.78, 5) is 37.8. The molecule has 34 heavy (non-hydrogen) atoms. The number of nitrogens with zero attached hydrogens (tertiary/aromatic N) is 2. The maximum Gasteiger partial charge on any atom is 0.326 e. The Morgan fingerprint density at radius 2 is 2.00 bits per heavy atom. The molecule has 176 valence electrons. The molecule has 1 aliphatic heterocycles. The molecule has 1 fully saturated rings. The van der Waals surface area contributed by atoms with Gasteiger partial charge in [-0.25, -0.2) is 0 Å². The van der Waals surface area contributed by atoms with Crippen molar-refractivity contribution in [2.75, 3.05) is 13.7 Å². The van der Waals surface area contributed by atoms with Crippen LogP contribution in [0.25, 0.3) is 6.08 Å². The van der Waals surface area contributed by atoms with Gasteiger partial charge in [0.1, 0.15) is 13.2 Å². The highest BCUT2D eigenvalue weighted by atomic mass is 35.5. The van der Waals surface area contributed by atoms with Crippen molar-refractivity contribution in [3.63, 3.8) is 0 Å². The largest absolute Gasteiger partial charge is 0.493 e. The van der Waals surface area contributed by atoms with Crippen molar-refractivity contribution in [3.05, 3.63) is 63.0 Å². The van der Waals surface area contributed by atoms with Crippen molar-refractivity contribution < 1.29 is 28.6 Å². The minimum Gasteiger partial charge on any atom is -0.493 e. The molecule has 2 aromatic rings. The number of rotatable bonds is 8. The maximum absolute atomic E-state index is 12.7. The Labute approximate surface area is 206 Å². The third kappa shape index (κ3) is 5.90. The number of halogens is 1. The van der Waals surface area contributed by atoms with Gasteiger partial charge in [0.15, 0.2) is 11.5 Å². The maximum atomic E-state index is 12.7. The molecular formula is C24H21ClN2O6S. The molecule has 8 nitrogen and oxygen atoms in total. The van der Waals surface area contributed by atoms with Crippen molar-refractivity contribution in [3.8, 4) is 17.6 Å². The van der Waals surface area contributed by atoms with Gasteiger partial charge in [-0.15, -0.1) is 0 Å². The summed E-state index contributed by atoms with van der Waals surface area (Å²) in [5, 5.41) is 8.90. The lowest BCUT2D eigenvalue weighted by Crippen LogP contribution is -2.35. The Kier molecular flexibility index (Phi) is 8.21. The minimum absolute atomic E-state index is 0.102. The average molecular weight is 501 g/mol. The first-order valence-electron chi connectivity index (χ1n) is 10.2. The number of carbonyl (C=O) groups is 3. The number of benzene rings is 2. The zero-order valence-corrected chi connectivity index (χ0v) is 20.2. The Bertz CT molecular complexity index is 1200. The van der Waals surface area contributed by atoms with Crippen molar-refractivity contribution in [2.45, 2.75) is 26.6 Å². The van der Waals surface area contributed by atoms with Gasteiger partial charge in [-0.1, -0.05) is 29.8 Å². The third-order valence-corrected chi connectivity index (χ3v) is 5.78. The lowest BCUT2D eigenvalue weighted by Gasteiger charge is -2.14. The van der Waals surface area contributed by atoms with E-state index in [0.29, 0.717) is 22.4 Å². The number of hydrogen-bond donors (Lipinski definition) is 0. The summed E-state index contributed by atoms with van der Waals surface area (Å²) in [6.45, 7) is 3.00. The molecule has 1 heterocycles. The molecule has 2 aromatic carbocycles. The summed E-state index contributed by atoms with van der Waals surface area (Å²) in [6, 6.07) is 12.3. The van der Waals surface area contributed by atoms with Crippen molar-refractivity contribution in [1.82, 2.24) is 4.90 Å². The molecule has 0 unspecified atom stereocenters. The van der Waals surface area contributed by atoms with Gasteiger partial charge < -0.3 is 14.2 Å². The lowest BCUT2D eigenvalue weighted by molar-refractivity contribution is -0.149. The topological polar surface area (TPSA) is 106 Å². The van der Waals surface area contributed by atoms with Crippen LogP contribution in [0.15, 0.2) is 41.3 Å². The molecule has 3 rings (SSSR count). The normalized spacial score (nSPS) is 14.5. The Balaban J connectivity index is 1.80. The van der Waals surface area contributed by atoms with E-state index in [2.05, 4.69) is 6.07 Å². The van der Waals surface area contributed by atoms with Gasteiger partial charge in [-0.2, -0.15) is 5.26 Å². The molecule has 0 aromatic heterocycles. The molecular weight excluding hydrogens is 480 g/mol. The number of esters is 1. The van der Waals surface area contributed by atoms with E-state index in [0.717, 1.165) is 16.7 Å². The number of thioether (sulfide) groups is 1. The zero-order chi connectivity index (χ0) is 24.8. The highest BCUT2D eigenvalue weighted by Gasteiger charge is 2.36. The molecule has 10 heteroatoms. The second-order valence-corrected chi connectivity index (χ2v) is 8.80. The highest BCUT2D eigenvalue weighted by molar-refractivity contribution is 8.18. The Morgan fingerprint density at radius 1 is 1.26 bits per heavy atom. The van der Waals surface area contributed by atoms with E-state index in [1.54, 1.807) is 50.2 Å². The van der Waals surface area contributed by atoms with Crippen LogP contribution in [0.2, 0.25) is 5.02 Å². The number of nitriles is 1. The molecule has 0 radical (unpaired) electrons. The smallest absolute Gasteiger partial charge is 0.326 e. The predicted molar refractivity (Wildman–Crippen MR) is 127 cm³/mol. The van der Waals surface area contributed by atoms with Crippen LogP contribution in [-0.2, 0) is 20.9 Å². The van der Waals surface area contributed by atoms with Crippen LogP contribution in [-0.4, -0.2) is 41.8 Å². The standard InChI is InChI=1S/C24H21ClN2O6S/c1-14(2)33-21(28)12-27-23(29)20(34-24(27)30)10-15-8-18(25)22(19(9-15)31-3)32-13-17-7-5-4-6-16(17)11-26/h4-10,14H,12-13H2,1-3H3/b20-10-. The van der Waals surface area contributed by atoms with Crippen LogP contribution in [0, 0.1) is 11.3 Å². The van der Waals surface area contributed by atoms with Crippen molar-refractivity contribution >= 4 is 46.6 Å². The van der Waals surface area contributed by atoms with E-state index in [1.165, 1.54) is 13.2 Å². The summed E-state index contributed by atoms with van der Waals surface area (Å²) in [6.07, 6.45) is 1.13. The predicted octanol–water partition coefficient (Wildman–Crippen LogP) is 4.79. The highest BCUT2D eigenvalue weighted by Crippen LogP contribution is 2.39. The van der Waals surface area contributed by atoms with E-state index in [9.17, 15) is 19.6 Å². The van der Waals surface area contributed by atoms with Gasteiger partial charge in [-0.05, 0) is 55.4 Å². The van der Waals surface area contributed by atoms with Gasteiger partial charge in [0.05, 0.1) is 34.8 Å². The molecule has 0 aliphatic carbocycles. The molecule has 0 N–H and O–H groups in total. The molecule has 1 aliphatic rings. The number of methoxy groups -OCH3 is 1. The van der Waals surface area contributed by atoms with E-state index in [-0.39, 0.29) is 28.4 Å².